The van der Waals surface area contributed by atoms with Crippen LogP contribution < -0.4 is 0 Å². The van der Waals surface area contributed by atoms with Crippen LogP contribution in [0.4, 0.5) is 0 Å². The number of esters is 1. The molecule has 1 fully saturated rings. The Morgan fingerprint density at radius 3 is 2.30 bits per heavy atom. The Morgan fingerprint density at radius 2 is 1.60 bits per heavy atom. The average Bonchev–Trinajstić information content (AvgIpc) is 2.78. The molecule has 0 aromatic heterocycles. The molecule has 1 aliphatic rings. The second-order valence-corrected chi connectivity index (χ2v) is 7.21. The molecule has 3 rings (SSSR count). The first-order valence-electron chi connectivity index (χ1n) is 9.53. The summed E-state index contributed by atoms with van der Waals surface area (Å²) < 4.78 is 10.2. The smallest absolute Gasteiger partial charge is 0.313 e. The largest absolute Gasteiger partial charge is 0.462 e. The highest BCUT2D eigenvalue weighted by atomic mass is 16.6. The van der Waals surface area contributed by atoms with Crippen LogP contribution in [-0.2, 0) is 14.3 Å². The van der Waals surface area contributed by atoms with Crippen molar-refractivity contribution >= 4 is 11.8 Å². The zero-order chi connectivity index (χ0) is 21.8. The fraction of sp³-hybridized carbons (Fsp3) is 0.364. The number of carbonyl (C=O) groups excluding carboxylic acids is 2. The quantitative estimate of drug-likeness (QED) is 0.392. The zero-order valence-corrected chi connectivity index (χ0v) is 16.3. The fourth-order valence-electron chi connectivity index (χ4n) is 3.20. The van der Waals surface area contributed by atoms with E-state index in [1.165, 1.54) is 0 Å². The van der Waals surface area contributed by atoms with Crippen LogP contribution in [0.3, 0.4) is 0 Å². The van der Waals surface area contributed by atoms with Gasteiger partial charge in [-0.2, -0.15) is 0 Å². The van der Waals surface area contributed by atoms with Crippen LogP contribution in [0.1, 0.15) is 34.3 Å². The lowest BCUT2D eigenvalue weighted by Gasteiger charge is -2.38. The highest BCUT2D eigenvalue weighted by Gasteiger charge is 2.43. The molecule has 0 spiro atoms. The minimum absolute atomic E-state index is 0.168. The summed E-state index contributed by atoms with van der Waals surface area (Å²) in [7, 11) is 0. The number of benzene rings is 2. The van der Waals surface area contributed by atoms with E-state index >= 15 is 0 Å². The maximum atomic E-state index is 12.6. The lowest BCUT2D eigenvalue weighted by Crippen LogP contribution is -2.58. The van der Waals surface area contributed by atoms with Gasteiger partial charge in [-0.25, -0.2) is 0 Å². The second kappa shape index (κ2) is 9.46. The monoisotopic (exact) mass is 416 g/mol. The summed E-state index contributed by atoms with van der Waals surface area (Å²) in [6.07, 6.45) is -7.71. The lowest BCUT2D eigenvalue weighted by molar-refractivity contribution is -0.287. The second-order valence-electron chi connectivity index (χ2n) is 7.21. The van der Waals surface area contributed by atoms with Crippen molar-refractivity contribution in [1.29, 1.82) is 0 Å². The third-order valence-electron chi connectivity index (χ3n) is 5.12. The molecule has 2 aromatic rings. The Labute approximate surface area is 173 Å². The molecule has 8 nitrogen and oxygen atoms in total. The van der Waals surface area contributed by atoms with Crippen molar-refractivity contribution < 1.29 is 39.5 Å². The summed E-state index contributed by atoms with van der Waals surface area (Å²) in [5.74, 6) is -1.52. The highest BCUT2D eigenvalue weighted by molar-refractivity contribution is 6.09. The standard InChI is InChI=1S/C22H24O8/c1-12(21(27)29-11-16-18(24)19(25)20(26)22(28)30-16)14-8-5-9-15(10-14)17(23)13-6-3-2-4-7-13/h2-10,12,16,18-20,22,24-26,28H,11H2,1H3/t12?,16-,18-,19+,20-,22?/m1/s1. The lowest BCUT2D eigenvalue weighted by atomic mass is 9.95. The van der Waals surface area contributed by atoms with Gasteiger partial charge in [-0.05, 0) is 18.6 Å². The minimum atomic E-state index is -1.70. The molecule has 0 radical (unpaired) electrons. The van der Waals surface area contributed by atoms with Crippen LogP contribution in [0, 0.1) is 0 Å². The number of hydrogen-bond donors (Lipinski definition) is 4. The van der Waals surface area contributed by atoms with Crippen molar-refractivity contribution in [3.63, 3.8) is 0 Å². The highest BCUT2D eigenvalue weighted by Crippen LogP contribution is 2.23. The Bertz CT molecular complexity index is 884. The topological polar surface area (TPSA) is 134 Å². The van der Waals surface area contributed by atoms with E-state index in [1.54, 1.807) is 55.5 Å². The summed E-state index contributed by atoms with van der Waals surface area (Å²) in [6, 6.07) is 15.4. The van der Waals surface area contributed by atoms with Crippen molar-refractivity contribution in [3.8, 4) is 0 Å². The van der Waals surface area contributed by atoms with Gasteiger partial charge in [0.05, 0.1) is 5.92 Å². The molecule has 1 heterocycles. The van der Waals surface area contributed by atoms with E-state index in [2.05, 4.69) is 0 Å². The number of carbonyl (C=O) groups is 2. The van der Waals surface area contributed by atoms with E-state index in [0.717, 1.165) is 0 Å². The summed E-state index contributed by atoms with van der Waals surface area (Å²) in [5, 5.41) is 38.7. The zero-order valence-electron chi connectivity index (χ0n) is 16.3. The fourth-order valence-corrected chi connectivity index (χ4v) is 3.20. The molecule has 0 bridgehead atoms. The summed E-state index contributed by atoms with van der Waals surface area (Å²) in [4.78, 5) is 25.1. The predicted molar refractivity (Wildman–Crippen MR) is 105 cm³/mol. The number of aliphatic hydroxyl groups is 4. The van der Waals surface area contributed by atoms with Crippen molar-refractivity contribution in [2.24, 2.45) is 0 Å². The van der Waals surface area contributed by atoms with Crippen molar-refractivity contribution in [3.05, 3.63) is 71.3 Å². The molecule has 0 saturated carbocycles. The summed E-state index contributed by atoms with van der Waals surface area (Å²) in [6.45, 7) is 1.19. The van der Waals surface area contributed by atoms with Crippen molar-refractivity contribution in [1.82, 2.24) is 0 Å². The number of rotatable bonds is 6. The normalized spacial score (nSPS) is 27.3. The number of hydrogen-bond acceptors (Lipinski definition) is 8. The average molecular weight is 416 g/mol. The minimum Gasteiger partial charge on any atom is -0.462 e. The molecular weight excluding hydrogens is 392 g/mol. The van der Waals surface area contributed by atoms with Gasteiger partial charge in [-0.15, -0.1) is 0 Å². The molecule has 2 unspecified atom stereocenters. The third-order valence-corrected chi connectivity index (χ3v) is 5.12. The van der Waals surface area contributed by atoms with E-state index < -0.39 is 49.2 Å². The van der Waals surface area contributed by atoms with Crippen LogP contribution >= 0.6 is 0 Å². The Hall–Kier alpha value is -2.62. The van der Waals surface area contributed by atoms with E-state index in [9.17, 15) is 30.0 Å². The van der Waals surface area contributed by atoms with Gasteiger partial charge < -0.3 is 29.9 Å². The molecule has 30 heavy (non-hydrogen) atoms. The molecule has 0 amide bonds. The van der Waals surface area contributed by atoms with Crippen LogP contribution in [-0.4, -0.2) is 69.5 Å². The van der Waals surface area contributed by atoms with Gasteiger partial charge in [-0.1, -0.05) is 48.5 Å². The first kappa shape index (κ1) is 22.1. The number of ether oxygens (including phenoxy) is 2. The maximum absolute atomic E-state index is 12.6. The molecular formula is C22H24O8. The molecule has 8 heteroatoms. The molecule has 2 aromatic carbocycles. The van der Waals surface area contributed by atoms with Crippen LogP contribution in [0.5, 0.6) is 0 Å². The van der Waals surface area contributed by atoms with Gasteiger partial charge in [-0.3, -0.25) is 9.59 Å². The Balaban J connectivity index is 1.64. The molecule has 160 valence electrons. The van der Waals surface area contributed by atoms with Gasteiger partial charge in [0.15, 0.2) is 12.1 Å². The molecule has 4 N–H and O–H groups in total. The van der Waals surface area contributed by atoms with Crippen molar-refractivity contribution in [2.45, 2.75) is 43.5 Å². The number of aliphatic hydroxyl groups excluding tert-OH is 4. The van der Waals surface area contributed by atoms with Crippen LogP contribution in [0.2, 0.25) is 0 Å². The van der Waals surface area contributed by atoms with Gasteiger partial charge in [0, 0.05) is 11.1 Å². The first-order chi connectivity index (χ1) is 14.3. The van der Waals surface area contributed by atoms with Gasteiger partial charge in [0.25, 0.3) is 0 Å². The summed E-state index contributed by atoms with van der Waals surface area (Å²) in [5.41, 5.74) is 1.54. The molecule has 0 aliphatic carbocycles. The van der Waals surface area contributed by atoms with E-state index in [-0.39, 0.29) is 5.78 Å². The molecule has 1 aliphatic heterocycles. The first-order valence-corrected chi connectivity index (χ1v) is 9.53. The van der Waals surface area contributed by atoms with Crippen LogP contribution in [0.15, 0.2) is 54.6 Å². The Morgan fingerprint density at radius 1 is 0.933 bits per heavy atom. The summed E-state index contributed by atoms with van der Waals surface area (Å²) >= 11 is 0. The van der Waals surface area contributed by atoms with E-state index in [4.69, 9.17) is 9.47 Å². The Kier molecular flexibility index (Phi) is 6.96. The van der Waals surface area contributed by atoms with Gasteiger partial charge in [0.1, 0.15) is 31.0 Å². The van der Waals surface area contributed by atoms with Gasteiger partial charge in [0.2, 0.25) is 0 Å². The predicted octanol–water partition coefficient (Wildman–Crippen LogP) is 0.364. The van der Waals surface area contributed by atoms with E-state index in [1.807, 2.05) is 6.07 Å². The van der Waals surface area contributed by atoms with Crippen molar-refractivity contribution in [2.75, 3.05) is 6.61 Å². The van der Waals surface area contributed by atoms with Crippen LogP contribution in [0.25, 0.3) is 0 Å². The molecule has 6 atom stereocenters. The number of ketones is 1. The SMILES string of the molecule is CC(C(=O)OC[C@H]1OC(O)[C@H](O)[C@@H](O)[C@@H]1O)c1cccc(C(=O)c2ccccc2)c1. The maximum Gasteiger partial charge on any atom is 0.313 e. The molecule has 1 saturated heterocycles. The third kappa shape index (κ3) is 4.75. The van der Waals surface area contributed by atoms with Gasteiger partial charge >= 0.3 is 5.97 Å². The van der Waals surface area contributed by atoms with E-state index in [0.29, 0.717) is 16.7 Å².